The first-order valence-electron chi connectivity index (χ1n) is 8.12. The fraction of sp³-hybridized carbons (Fsp3) is 0.0556. The molecule has 0 spiro atoms. The summed E-state index contributed by atoms with van der Waals surface area (Å²) in [5, 5.41) is 16.5. The third-order valence-electron chi connectivity index (χ3n) is 3.97. The minimum Gasteiger partial charge on any atom is -0.453 e. The number of ether oxygens (including phenoxy) is 1. The van der Waals surface area contributed by atoms with Gasteiger partial charge in [-0.2, -0.15) is 4.39 Å². The van der Waals surface area contributed by atoms with Crippen LogP contribution in [0, 0.1) is 17.5 Å². The van der Waals surface area contributed by atoms with Crippen molar-refractivity contribution < 1.29 is 28.1 Å². The van der Waals surface area contributed by atoms with Crippen molar-refractivity contribution in [1.82, 2.24) is 15.0 Å². The van der Waals surface area contributed by atoms with E-state index in [2.05, 4.69) is 15.0 Å². The van der Waals surface area contributed by atoms with Gasteiger partial charge in [0.2, 0.25) is 5.82 Å². The molecule has 0 unspecified atom stereocenters. The van der Waals surface area contributed by atoms with Crippen LogP contribution in [0.5, 0.6) is 11.5 Å². The van der Waals surface area contributed by atoms with Crippen molar-refractivity contribution >= 4 is 30.5 Å². The summed E-state index contributed by atoms with van der Waals surface area (Å²) >= 11 is 0.253. The monoisotopic (exact) mass is 417 g/mol. The lowest BCUT2D eigenvalue weighted by Gasteiger charge is -2.20. The van der Waals surface area contributed by atoms with Gasteiger partial charge in [0.1, 0.15) is 17.4 Å². The number of H-pyrrole nitrogens is 2. The quantitative estimate of drug-likeness (QED) is 0.226. The maximum absolute atomic E-state index is 14.8. The summed E-state index contributed by atoms with van der Waals surface area (Å²) < 4.78 is 48.8. The first kappa shape index (κ1) is 19.4. The van der Waals surface area contributed by atoms with Crippen LogP contribution in [0.25, 0.3) is 22.3 Å². The number of benzene rings is 2. The van der Waals surface area contributed by atoms with Crippen molar-refractivity contribution in [2.45, 2.75) is 9.91 Å². The molecule has 6 nitrogen and oxygen atoms in total. The van der Waals surface area contributed by atoms with E-state index in [9.17, 15) is 23.4 Å². The van der Waals surface area contributed by atoms with Gasteiger partial charge in [-0.3, -0.25) is 0 Å². The van der Waals surface area contributed by atoms with Gasteiger partial charge < -0.3 is 24.9 Å². The third-order valence-corrected chi connectivity index (χ3v) is 4.88. The van der Waals surface area contributed by atoms with E-state index in [1.807, 2.05) is 0 Å². The summed E-state index contributed by atoms with van der Waals surface area (Å²) in [4.78, 5) is 9.06. The predicted molar refractivity (Wildman–Crippen MR) is 101 cm³/mol. The smallest absolute Gasteiger partial charge is 0.204 e. The number of aromatic amines is 2. The summed E-state index contributed by atoms with van der Waals surface area (Å²) in [7, 11) is 5.22. The number of halogens is 3. The van der Waals surface area contributed by atoms with Gasteiger partial charge in [-0.1, -0.05) is 11.8 Å². The Morgan fingerprint density at radius 2 is 1.86 bits per heavy atom. The molecule has 0 saturated heterocycles. The molecule has 0 bridgehead atoms. The van der Waals surface area contributed by atoms with Crippen molar-refractivity contribution in [3.8, 4) is 22.9 Å². The maximum Gasteiger partial charge on any atom is 0.204 e. The van der Waals surface area contributed by atoms with Crippen LogP contribution in [0.4, 0.5) is 13.2 Å². The van der Waals surface area contributed by atoms with E-state index in [-0.39, 0.29) is 44.7 Å². The van der Waals surface area contributed by atoms with Gasteiger partial charge in [-0.05, 0) is 24.3 Å². The molecule has 4 N–H and O–H groups in total. The minimum absolute atomic E-state index is 0.0358. The highest BCUT2D eigenvalue weighted by Crippen LogP contribution is 2.45. The number of nitrogens with one attached hydrogen (secondary N) is 2. The number of fused-ring (bicyclic) bond motifs is 1. The normalized spacial score (nSPS) is 11.9. The average Bonchev–Trinajstić information content (AvgIpc) is 3.34. The molecular formula is C18H11BF3N3O3S. The largest absolute Gasteiger partial charge is 0.453 e. The number of aromatic nitrogens is 3. The Balaban J connectivity index is 1.85. The highest BCUT2D eigenvalue weighted by atomic mass is 32.2. The Hall–Kier alpha value is -2.89. The lowest BCUT2D eigenvalue weighted by molar-refractivity contribution is -0.00157. The van der Waals surface area contributed by atoms with Crippen LogP contribution in [-0.2, 0) is 0 Å². The fourth-order valence-corrected chi connectivity index (χ4v) is 3.60. The molecular weight excluding hydrogens is 406 g/mol. The molecule has 0 atom stereocenters. The van der Waals surface area contributed by atoms with Crippen molar-refractivity contribution in [3.63, 3.8) is 0 Å². The zero-order chi connectivity index (χ0) is 20.8. The Bertz CT molecular complexity index is 1190. The van der Waals surface area contributed by atoms with Crippen molar-refractivity contribution in [2.24, 2.45) is 0 Å². The number of imidazole rings is 1. The number of thioether (sulfide) groups is 1. The Morgan fingerprint density at radius 1 is 1.07 bits per heavy atom. The molecule has 146 valence electrons. The van der Waals surface area contributed by atoms with Crippen LogP contribution >= 0.6 is 11.8 Å². The average molecular weight is 417 g/mol. The van der Waals surface area contributed by atoms with Gasteiger partial charge in [0.15, 0.2) is 24.4 Å². The summed E-state index contributed by atoms with van der Waals surface area (Å²) in [6.07, 6.45) is 4.27. The molecule has 2 aromatic heterocycles. The van der Waals surface area contributed by atoms with Gasteiger partial charge in [0, 0.05) is 24.0 Å². The topological polar surface area (TPSA) is 94.2 Å². The van der Waals surface area contributed by atoms with Gasteiger partial charge in [-0.15, -0.1) is 0 Å². The van der Waals surface area contributed by atoms with E-state index in [0.29, 0.717) is 0 Å². The molecule has 0 saturated carbocycles. The number of nitrogens with zero attached hydrogens (tertiary/aromatic N) is 1. The lowest BCUT2D eigenvalue weighted by Crippen LogP contribution is -2.22. The van der Waals surface area contributed by atoms with Crippen LogP contribution in [0.1, 0.15) is 0 Å². The van der Waals surface area contributed by atoms with E-state index < -0.39 is 28.2 Å². The van der Waals surface area contributed by atoms with E-state index in [0.717, 1.165) is 6.07 Å². The van der Waals surface area contributed by atoms with Gasteiger partial charge in [0.25, 0.3) is 0 Å². The zero-order valence-electron chi connectivity index (χ0n) is 14.4. The first-order chi connectivity index (χ1) is 13.7. The Labute approximate surface area is 167 Å². The second-order valence-electron chi connectivity index (χ2n) is 5.99. The number of hydrogen-bond donors (Lipinski definition) is 4. The van der Waals surface area contributed by atoms with Crippen LogP contribution < -0.4 is 4.74 Å². The summed E-state index contributed by atoms with van der Waals surface area (Å²) in [5.74, 6) is -3.67. The van der Waals surface area contributed by atoms with Crippen LogP contribution in [0.15, 0.2) is 47.8 Å². The Morgan fingerprint density at radius 3 is 2.55 bits per heavy atom. The molecule has 11 heteroatoms. The van der Waals surface area contributed by atoms with E-state index in [1.54, 1.807) is 0 Å². The maximum atomic E-state index is 14.8. The summed E-state index contributed by atoms with van der Waals surface area (Å²) in [6.45, 7) is 0. The lowest BCUT2D eigenvalue weighted by atomic mass is 10.1. The SMILES string of the molecule is [B]C(O)(O)Sc1c(Oc2ccc(F)c(-c3ncc[nH]3)c2)c(F)c(F)c2[nH]ccc12. The molecule has 29 heavy (non-hydrogen) atoms. The van der Waals surface area contributed by atoms with Crippen LogP contribution in [0.2, 0.25) is 0 Å². The molecule has 0 amide bonds. The van der Waals surface area contributed by atoms with Gasteiger partial charge in [0.05, 0.1) is 16.0 Å². The molecule has 4 rings (SSSR count). The molecule has 0 fully saturated rings. The second kappa shape index (κ2) is 7.18. The second-order valence-corrected chi connectivity index (χ2v) is 7.21. The van der Waals surface area contributed by atoms with Gasteiger partial charge in [-0.25, -0.2) is 13.8 Å². The molecule has 2 heterocycles. The Kier molecular flexibility index (Phi) is 4.81. The summed E-state index contributed by atoms with van der Waals surface area (Å²) in [5.41, 5.74) is -0.153. The molecule has 0 aliphatic heterocycles. The highest BCUT2D eigenvalue weighted by Gasteiger charge is 2.28. The minimum atomic E-state index is -2.78. The standard InChI is InChI=1S/C18H11BF3N3O3S/c19-18(26,27)29-16-9-3-4-23-14(9)12(21)13(22)15(16)28-8-1-2-11(20)10(7-8)17-24-5-6-25-17/h1-7,23,26-27H,(H,24,25). The molecule has 2 aromatic carbocycles. The number of aliphatic hydroxyl groups is 2. The van der Waals surface area contributed by atoms with Gasteiger partial charge >= 0.3 is 0 Å². The molecule has 4 aromatic rings. The summed E-state index contributed by atoms with van der Waals surface area (Å²) in [6, 6.07) is 4.93. The van der Waals surface area contributed by atoms with Crippen molar-refractivity contribution in [3.05, 3.63) is 60.3 Å². The van der Waals surface area contributed by atoms with Crippen LogP contribution in [0.3, 0.4) is 0 Å². The first-order valence-corrected chi connectivity index (χ1v) is 8.94. The molecule has 0 aliphatic rings. The number of hydrogen-bond acceptors (Lipinski definition) is 5. The fourth-order valence-electron chi connectivity index (χ4n) is 2.79. The van der Waals surface area contributed by atoms with E-state index in [4.69, 9.17) is 12.6 Å². The third kappa shape index (κ3) is 3.71. The predicted octanol–water partition coefficient (Wildman–Crippen LogP) is 3.62. The van der Waals surface area contributed by atoms with Crippen molar-refractivity contribution in [2.75, 3.05) is 0 Å². The van der Waals surface area contributed by atoms with E-state index >= 15 is 0 Å². The number of rotatable bonds is 5. The van der Waals surface area contributed by atoms with Crippen molar-refractivity contribution in [1.29, 1.82) is 0 Å². The highest BCUT2D eigenvalue weighted by molar-refractivity contribution is 8.01. The van der Waals surface area contributed by atoms with E-state index in [1.165, 1.54) is 36.8 Å². The molecule has 0 aliphatic carbocycles. The van der Waals surface area contributed by atoms with Crippen LogP contribution in [-0.4, -0.2) is 38.0 Å². The molecule has 2 radical (unpaired) electrons. The zero-order valence-corrected chi connectivity index (χ0v) is 15.2.